The second-order valence-corrected chi connectivity index (χ2v) is 17.3. The molecule has 3 fully saturated rings. The molecule has 0 amide bonds. The Kier molecular flexibility index (Phi) is 6.88. The predicted molar refractivity (Wildman–Crippen MR) is 139 cm³/mol. The summed E-state index contributed by atoms with van der Waals surface area (Å²) in [5.41, 5.74) is 2.37. The predicted octanol–water partition coefficient (Wildman–Crippen LogP) is 5.78. The van der Waals surface area contributed by atoms with E-state index in [1.165, 1.54) is 6.42 Å². The van der Waals surface area contributed by atoms with E-state index in [0.717, 1.165) is 44.2 Å². The van der Waals surface area contributed by atoms with Gasteiger partial charge in [0.05, 0.1) is 12.3 Å². The van der Waals surface area contributed by atoms with Crippen LogP contribution in [0.1, 0.15) is 65.7 Å². The van der Waals surface area contributed by atoms with Crippen molar-refractivity contribution in [2.75, 3.05) is 20.8 Å². The molecule has 192 valence electrons. The van der Waals surface area contributed by atoms with E-state index in [1.807, 2.05) is 0 Å². The topological polar surface area (TPSA) is 72.6 Å². The van der Waals surface area contributed by atoms with Crippen LogP contribution in [0.25, 0.3) is 0 Å². The molecule has 0 saturated heterocycles. The minimum absolute atomic E-state index is 0.205. The Morgan fingerprint density at radius 2 is 1.79 bits per heavy atom. The fourth-order valence-corrected chi connectivity index (χ4v) is 8.86. The lowest BCUT2D eigenvalue weighted by Gasteiger charge is -2.60. The maximum atomic E-state index is 12.3. The molecule has 4 aliphatic carbocycles. The van der Waals surface area contributed by atoms with Gasteiger partial charge in [-0.2, -0.15) is 0 Å². The van der Waals surface area contributed by atoms with Crippen LogP contribution in [0, 0.1) is 34.5 Å². The highest BCUT2D eigenvalue weighted by Crippen LogP contribution is 2.68. The molecule has 4 rings (SSSR count). The van der Waals surface area contributed by atoms with Crippen LogP contribution in [-0.4, -0.2) is 51.3 Å². The largest absolute Gasteiger partial charge is 0.412 e. The quantitative estimate of drug-likeness (QED) is 0.291. The van der Waals surface area contributed by atoms with Crippen LogP contribution in [0.4, 0.5) is 0 Å². The molecule has 7 atom stereocenters. The second-order valence-electron chi connectivity index (χ2n) is 12.8. The van der Waals surface area contributed by atoms with Crippen molar-refractivity contribution in [2.45, 2.75) is 91.0 Å². The number of hydrogen-bond acceptors (Lipinski definition) is 6. The Morgan fingerprint density at radius 3 is 2.44 bits per heavy atom. The SMILES string of the molecule is CO/N=C1\C=C2[C@@H](C)C[C@@H]3[C@H](CC[C@@]4(C)[C@H]3CC[C@]4(O)/C(CO[Si](C)(C)C)=N/OC)[C@@]2(C)CC1. The molecular formula is C27H46N2O4Si. The van der Waals surface area contributed by atoms with Crippen molar-refractivity contribution in [1.29, 1.82) is 0 Å². The molecule has 6 nitrogen and oxygen atoms in total. The average molecular weight is 491 g/mol. The molecule has 34 heavy (non-hydrogen) atoms. The van der Waals surface area contributed by atoms with Crippen molar-refractivity contribution in [3.63, 3.8) is 0 Å². The van der Waals surface area contributed by atoms with Gasteiger partial charge in [0.2, 0.25) is 0 Å². The van der Waals surface area contributed by atoms with Gasteiger partial charge in [-0.3, -0.25) is 0 Å². The van der Waals surface area contributed by atoms with Crippen LogP contribution < -0.4 is 0 Å². The standard InChI is InChI=1S/C27H46N2O4Si/c1-18-15-20-21(25(2)12-9-19(28-31-4)16-23(18)25)10-13-26(3)22(20)11-14-27(26,30)24(29-32-5)17-33-34(6,7)8/h16,18,20-22,30H,9-15,17H2,1-8H3/b28-19-,29-24+/t18-,20+,21-,22-,25+,26-,27-/m0/s1. The zero-order valence-corrected chi connectivity index (χ0v) is 23.6. The van der Waals surface area contributed by atoms with E-state index in [1.54, 1.807) is 19.8 Å². The number of oxime groups is 2. The molecule has 1 N–H and O–H groups in total. The fourth-order valence-electron chi connectivity index (χ4n) is 8.29. The van der Waals surface area contributed by atoms with Gasteiger partial charge in [-0.1, -0.05) is 36.7 Å². The monoisotopic (exact) mass is 490 g/mol. The lowest BCUT2D eigenvalue weighted by molar-refractivity contribution is -0.102. The third kappa shape index (κ3) is 4.09. The Labute approximate surface area is 207 Å². The number of fused-ring (bicyclic) bond motifs is 5. The van der Waals surface area contributed by atoms with Gasteiger partial charge < -0.3 is 19.2 Å². The molecule has 0 unspecified atom stereocenters. The summed E-state index contributed by atoms with van der Waals surface area (Å²) in [5, 5.41) is 20.9. The van der Waals surface area contributed by atoms with Crippen molar-refractivity contribution in [1.82, 2.24) is 0 Å². The Hall–Kier alpha value is -1.18. The lowest BCUT2D eigenvalue weighted by atomic mass is 9.44. The molecule has 0 aromatic heterocycles. The first-order chi connectivity index (χ1) is 15.9. The van der Waals surface area contributed by atoms with Crippen LogP contribution in [0.15, 0.2) is 22.0 Å². The summed E-state index contributed by atoms with van der Waals surface area (Å²) in [4.78, 5) is 10.3. The minimum atomic E-state index is -1.75. The molecule has 0 bridgehead atoms. The summed E-state index contributed by atoms with van der Waals surface area (Å²) >= 11 is 0. The fraction of sp³-hybridized carbons (Fsp3) is 0.852. The number of aliphatic hydroxyl groups is 1. The highest BCUT2D eigenvalue weighted by Gasteiger charge is 2.66. The van der Waals surface area contributed by atoms with E-state index in [0.29, 0.717) is 36.0 Å². The second kappa shape index (κ2) is 9.04. The van der Waals surface area contributed by atoms with Gasteiger partial charge in [0.1, 0.15) is 25.5 Å². The summed E-state index contributed by atoms with van der Waals surface area (Å²) in [6, 6.07) is 0. The first kappa shape index (κ1) is 25.9. The summed E-state index contributed by atoms with van der Waals surface area (Å²) < 4.78 is 6.23. The molecule has 7 heteroatoms. The van der Waals surface area contributed by atoms with Crippen LogP contribution in [0.3, 0.4) is 0 Å². The van der Waals surface area contributed by atoms with Gasteiger partial charge in [0.25, 0.3) is 0 Å². The number of allylic oxidation sites excluding steroid dienone is 2. The summed E-state index contributed by atoms with van der Waals surface area (Å²) in [6.45, 7) is 14.1. The average Bonchev–Trinajstić information content (AvgIpc) is 3.03. The Balaban J connectivity index is 1.64. The molecular weight excluding hydrogens is 444 g/mol. The van der Waals surface area contributed by atoms with Gasteiger partial charge in [0, 0.05) is 5.41 Å². The van der Waals surface area contributed by atoms with Crippen molar-refractivity contribution in [2.24, 2.45) is 44.8 Å². The lowest BCUT2D eigenvalue weighted by Crippen LogP contribution is -2.59. The molecule has 0 heterocycles. The molecule has 0 aromatic rings. The van der Waals surface area contributed by atoms with E-state index >= 15 is 0 Å². The first-order valence-corrected chi connectivity index (χ1v) is 16.6. The van der Waals surface area contributed by atoms with E-state index in [9.17, 15) is 5.11 Å². The van der Waals surface area contributed by atoms with Gasteiger partial charge in [-0.05, 0) is 99.7 Å². The van der Waals surface area contributed by atoms with E-state index < -0.39 is 13.9 Å². The van der Waals surface area contributed by atoms with Crippen molar-refractivity contribution >= 4 is 19.7 Å². The maximum absolute atomic E-state index is 12.3. The molecule has 0 spiro atoms. The van der Waals surface area contributed by atoms with Crippen LogP contribution in [-0.2, 0) is 14.1 Å². The van der Waals surface area contributed by atoms with Crippen molar-refractivity contribution < 1.29 is 19.2 Å². The molecule has 3 saturated carbocycles. The molecule has 0 radical (unpaired) electrons. The van der Waals surface area contributed by atoms with E-state index in [-0.39, 0.29) is 10.8 Å². The third-order valence-electron chi connectivity index (χ3n) is 9.98. The van der Waals surface area contributed by atoms with E-state index in [2.05, 4.69) is 56.8 Å². The van der Waals surface area contributed by atoms with Gasteiger partial charge in [0.15, 0.2) is 8.32 Å². The molecule has 0 aromatic carbocycles. The van der Waals surface area contributed by atoms with Crippen LogP contribution in [0.5, 0.6) is 0 Å². The number of rotatable bonds is 6. The zero-order valence-electron chi connectivity index (χ0n) is 22.6. The summed E-state index contributed by atoms with van der Waals surface area (Å²) in [7, 11) is 1.46. The van der Waals surface area contributed by atoms with Crippen LogP contribution >= 0.6 is 0 Å². The van der Waals surface area contributed by atoms with Gasteiger partial charge in [-0.15, -0.1) is 0 Å². The highest BCUT2D eigenvalue weighted by atomic mass is 28.4. The van der Waals surface area contributed by atoms with Gasteiger partial charge >= 0.3 is 0 Å². The van der Waals surface area contributed by atoms with Gasteiger partial charge in [-0.25, -0.2) is 0 Å². The smallest absolute Gasteiger partial charge is 0.184 e. The first-order valence-electron chi connectivity index (χ1n) is 13.2. The maximum Gasteiger partial charge on any atom is 0.184 e. The molecule has 0 aliphatic heterocycles. The number of nitrogens with zero attached hydrogens (tertiary/aromatic N) is 2. The summed E-state index contributed by atoms with van der Waals surface area (Å²) in [5.74, 6) is 2.28. The Bertz CT molecular complexity index is 880. The van der Waals surface area contributed by atoms with Crippen molar-refractivity contribution in [3.05, 3.63) is 11.6 Å². The van der Waals surface area contributed by atoms with Crippen molar-refractivity contribution in [3.8, 4) is 0 Å². The normalized spacial score (nSPS) is 43.6. The summed E-state index contributed by atoms with van der Waals surface area (Å²) in [6.07, 6.45) is 9.59. The Morgan fingerprint density at radius 1 is 1.09 bits per heavy atom. The van der Waals surface area contributed by atoms with Crippen LogP contribution in [0.2, 0.25) is 19.6 Å². The minimum Gasteiger partial charge on any atom is -0.412 e. The van der Waals surface area contributed by atoms with E-state index in [4.69, 9.17) is 14.1 Å². The zero-order chi connectivity index (χ0) is 24.9. The molecule has 4 aliphatic rings. The highest BCUT2D eigenvalue weighted by molar-refractivity contribution is 6.69. The third-order valence-corrected chi connectivity index (χ3v) is 11.0. The number of hydrogen-bond donors (Lipinski definition) is 1.